The molecule has 0 aliphatic carbocycles. The van der Waals surface area contributed by atoms with E-state index in [1.165, 1.54) is 6.20 Å². The van der Waals surface area contributed by atoms with Crippen molar-refractivity contribution in [1.82, 2.24) is 9.88 Å². The van der Waals surface area contributed by atoms with Crippen molar-refractivity contribution in [3.05, 3.63) is 93.1 Å². The number of aromatic nitrogens is 1. The van der Waals surface area contributed by atoms with Gasteiger partial charge in [-0.2, -0.15) is 0 Å². The number of likely N-dealkylation sites (tertiary alicyclic amines) is 1. The molecule has 0 unspecified atom stereocenters. The fraction of sp³-hybridized carbons (Fsp3) is 0.208. The number of hydrogen-bond acceptors (Lipinski definition) is 3. The van der Waals surface area contributed by atoms with Crippen LogP contribution in [0.15, 0.2) is 60.8 Å². The molecular formula is C24H22Cl2N4O. The maximum absolute atomic E-state index is 12.8. The van der Waals surface area contributed by atoms with E-state index < -0.39 is 0 Å². The lowest BCUT2D eigenvalue weighted by atomic mass is 9.98. The zero-order chi connectivity index (χ0) is 21.8. The van der Waals surface area contributed by atoms with Crippen LogP contribution < -0.4 is 5.32 Å². The van der Waals surface area contributed by atoms with E-state index in [4.69, 9.17) is 28.6 Å². The van der Waals surface area contributed by atoms with Crippen molar-refractivity contribution in [3.8, 4) is 0 Å². The van der Waals surface area contributed by atoms with Gasteiger partial charge in [0.1, 0.15) is 11.7 Å². The quantitative estimate of drug-likeness (QED) is 0.385. The number of hydrogen-bond donors (Lipinski definition) is 2. The monoisotopic (exact) mass is 452 g/mol. The number of carbonyl (C=O) groups excluding carboxylic acids is 1. The predicted molar refractivity (Wildman–Crippen MR) is 126 cm³/mol. The molecule has 4 rings (SSSR count). The number of benzene rings is 2. The number of pyridine rings is 1. The maximum Gasteiger partial charge on any atom is 0.257 e. The third kappa shape index (κ3) is 5.24. The van der Waals surface area contributed by atoms with Crippen molar-refractivity contribution in [2.75, 3.05) is 18.4 Å². The van der Waals surface area contributed by atoms with E-state index in [1.54, 1.807) is 24.3 Å². The summed E-state index contributed by atoms with van der Waals surface area (Å²) in [4.78, 5) is 19.0. The summed E-state index contributed by atoms with van der Waals surface area (Å²) in [6.45, 7) is 1.93. The Hall–Kier alpha value is -2.89. The molecule has 1 saturated heterocycles. The van der Waals surface area contributed by atoms with E-state index in [-0.39, 0.29) is 5.91 Å². The van der Waals surface area contributed by atoms with Gasteiger partial charge in [0.25, 0.3) is 5.91 Å². The molecule has 1 aliphatic heterocycles. The highest BCUT2D eigenvalue weighted by Gasteiger charge is 2.18. The number of amides is 1. The Morgan fingerprint density at radius 3 is 2.39 bits per heavy atom. The minimum Gasteiger partial charge on any atom is -0.356 e. The van der Waals surface area contributed by atoms with Gasteiger partial charge >= 0.3 is 0 Å². The summed E-state index contributed by atoms with van der Waals surface area (Å²) in [5.41, 5.74) is 3.53. The number of rotatable bonds is 6. The minimum absolute atomic E-state index is 0.259. The molecule has 3 aromatic rings. The molecule has 0 bridgehead atoms. The van der Waals surface area contributed by atoms with Gasteiger partial charge in [-0.1, -0.05) is 53.5 Å². The van der Waals surface area contributed by atoms with E-state index in [9.17, 15) is 4.79 Å². The van der Waals surface area contributed by atoms with Gasteiger partial charge in [-0.15, -0.1) is 0 Å². The van der Waals surface area contributed by atoms with Crippen LogP contribution in [0.1, 0.15) is 33.5 Å². The van der Waals surface area contributed by atoms with Crippen LogP contribution in [0.2, 0.25) is 10.0 Å². The number of nitrogens with one attached hydrogen (secondary N) is 2. The van der Waals surface area contributed by atoms with E-state index in [1.807, 2.05) is 18.2 Å². The molecule has 31 heavy (non-hydrogen) atoms. The third-order valence-corrected chi connectivity index (χ3v) is 5.83. The number of nitrogens with zero attached hydrogens (tertiary/aromatic N) is 2. The summed E-state index contributed by atoms with van der Waals surface area (Å²) < 4.78 is 0. The van der Waals surface area contributed by atoms with Crippen LogP contribution in [-0.4, -0.2) is 34.7 Å². The zero-order valence-electron chi connectivity index (χ0n) is 16.9. The van der Waals surface area contributed by atoms with Crippen molar-refractivity contribution in [2.45, 2.75) is 19.3 Å². The Bertz CT molecular complexity index is 1090. The van der Waals surface area contributed by atoms with E-state index in [0.717, 1.165) is 42.6 Å². The van der Waals surface area contributed by atoms with Crippen molar-refractivity contribution >= 4 is 40.8 Å². The highest BCUT2D eigenvalue weighted by atomic mass is 35.5. The summed E-state index contributed by atoms with van der Waals surface area (Å²) >= 11 is 12.0. The van der Waals surface area contributed by atoms with E-state index in [2.05, 4.69) is 27.3 Å². The van der Waals surface area contributed by atoms with Crippen molar-refractivity contribution in [2.24, 2.45) is 0 Å². The first-order chi connectivity index (χ1) is 15.0. The smallest absolute Gasteiger partial charge is 0.257 e. The SMILES string of the molecule is N=C(c1ccc(CCc2ccc(Cl)cc2C(=O)Nc2ccc(Cl)cn2)cc1)N1CCC1. The lowest BCUT2D eigenvalue weighted by Gasteiger charge is -2.33. The molecule has 158 valence electrons. The first-order valence-electron chi connectivity index (χ1n) is 10.1. The molecule has 5 nitrogen and oxygen atoms in total. The van der Waals surface area contributed by atoms with Gasteiger partial charge in [-0.3, -0.25) is 10.2 Å². The van der Waals surface area contributed by atoms with Crippen LogP contribution >= 0.6 is 23.2 Å². The Morgan fingerprint density at radius 2 is 1.74 bits per heavy atom. The van der Waals surface area contributed by atoms with E-state index in [0.29, 0.717) is 33.7 Å². The lowest BCUT2D eigenvalue weighted by Crippen LogP contribution is -2.42. The first-order valence-corrected chi connectivity index (χ1v) is 10.9. The highest BCUT2D eigenvalue weighted by molar-refractivity contribution is 6.31. The summed E-state index contributed by atoms with van der Waals surface area (Å²) in [5, 5.41) is 12.1. The second-order valence-electron chi connectivity index (χ2n) is 7.50. The highest BCUT2D eigenvalue weighted by Crippen LogP contribution is 2.21. The number of aryl methyl sites for hydroxylation is 2. The molecule has 0 radical (unpaired) electrons. The Balaban J connectivity index is 1.44. The van der Waals surface area contributed by atoms with Gasteiger partial charge in [-0.05, 0) is 54.7 Å². The van der Waals surface area contributed by atoms with Gasteiger partial charge in [0.15, 0.2) is 0 Å². The van der Waals surface area contributed by atoms with Crippen LogP contribution in [0.25, 0.3) is 0 Å². The Kier molecular flexibility index (Phi) is 6.54. The molecular weight excluding hydrogens is 431 g/mol. The number of amidine groups is 1. The average molecular weight is 453 g/mol. The van der Waals surface area contributed by atoms with Gasteiger partial charge < -0.3 is 10.2 Å². The third-order valence-electron chi connectivity index (χ3n) is 5.37. The molecule has 0 saturated carbocycles. The number of halogens is 2. The Morgan fingerprint density at radius 1 is 1.00 bits per heavy atom. The number of carbonyl (C=O) groups is 1. The first kappa shape index (κ1) is 21.3. The Labute approximate surface area is 191 Å². The predicted octanol–water partition coefficient (Wildman–Crippen LogP) is 5.46. The number of anilines is 1. The molecule has 7 heteroatoms. The zero-order valence-corrected chi connectivity index (χ0v) is 18.4. The van der Waals surface area contributed by atoms with Crippen LogP contribution in [0.4, 0.5) is 5.82 Å². The van der Waals surface area contributed by atoms with Crippen LogP contribution in [0.5, 0.6) is 0 Å². The largest absolute Gasteiger partial charge is 0.356 e. The summed E-state index contributed by atoms with van der Waals surface area (Å²) in [6.07, 6.45) is 4.11. The van der Waals surface area contributed by atoms with Gasteiger partial charge in [0, 0.05) is 35.4 Å². The van der Waals surface area contributed by atoms with Crippen molar-refractivity contribution in [1.29, 1.82) is 5.41 Å². The fourth-order valence-electron chi connectivity index (χ4n) is 3.44. The van der Waals surface area contributed by atoms with Crippen molar-refractivity contribution in [3.63, 3.8) is 0 Å². The normalized spacial score (nSPS) is 12.9. The summed E-state index contributed by atoms with van der Waals surface area (Å²) in [6, 6.07) is 16.8. The van der Waals surface area contributed by atoms with E-state index >= 15 is 0 Å². The molecule has 0 atom stereocenters. The fourth-order valence-corrected chi connectivity index (χ4v) is 3.73. The van der Waals surface area contributed by atoms with Gasteiger partial charge in [-0.25, -0.2) is 4.98 Å². The van der Waals surface area contributed by atoms with Crippen molar-refractivity contribution < 1.29 is 4.79 Å². The molecule has 1 aromatic heterocycles. The average Bonchev–Trinajstić information content (AvgIpc) is 2.73. The minimum atomic E-state index is -0.259. The molecule has 1 aliphatic rings. The summed E-state index contributed by atoms with van der Waals surface area (Å²) in [7, 11) is 0. The van der Waals surface area contributed by atoms with Crippen LogP contribution in [0, 0.1) is 5.41 Å². The lowest BCUT2D eigenvalue weighted by molar-refractivity contribution is 0.102. The van der Waals surface area contributed by atoms with Gasteiger partial charge in [0.2, 0.25) is 0 Å². The molecule has 2 aromatic carbocycles. The standard InChI is InChI=1S/C24H22Cl2N4O/c25-19-9-8-17(21(14-19)24(31)29-22-11-10-20(26)15-28-22)5-2-16-3-6-18(7-4-16)23(27)30-12-1-13-30/h3-4,6-11,14-15,27H,1-2,5,12-13H2,(H,28,29,31). The molecule has 0 spiro atoms. The molecule has 2 N–H and O–H groups in total. The van der Waals surface area contributed by atoms with Gasteiger partial charge in [0.05, 0.1) is 5.02 Å². The second-order valence-corrected chi connectivity index (χ2v) is 8.38. The maximum atomic E-state index is 12.8. The van der Waals surface area contributed by atoms with Crippen LogP contribution in [-0.2, 0) is 12.8 Å². The topological polar surface area (TPSA) is 69.1 Å². The molecule has 2 heterocycles. The summed E-state index contributed by atoms with van der Waals surface area (Å²) in [5.74, 6) is 0.761. The second kappa shape index (κ2) is 9.50. The molecule has 1 fully saturated rings. The molecule has 1 amide bonds. The van der Waals surface area contributed by atoms with Crippen LogP contribution in [0.3, 0.4) is 0 Å².